The molecule has 0 spiro atoms. The minimum Gasteiger partial charge on any atom is -0.335 e. The molecule has 1 aromatic heterocycles. The Labute approximate surface area is 151 Å². The number of likely N-dealkylation sites (tertiary alicyclic amines) is 1. The lowest BCUT2D eigenvalue weighted by Gasteiger charge is -2.34. The predicted molar refractivity (Wildman–Crippen MR) is 94.1 cm³/mol. The van der Waals surface area contributed by atoms with Crippen molar-refractivity contribution in [2.24, 2.45) is 5.92 Å². The highest BCUT2D eigenvalue weighted by molar-refractivity contribution is 5.97. The van der Waals surface area contributed by atoms with Crippen molar-refractivity contribution < 1.29 is 14.4 Å². The Bertz CT molecular complexity index is 656. The van der Waals surface area contributed by atoms with Crippen LogP contribution in [0.2, 0.25) is 0 Å². The van der Waals surface area contributed by atoms with Crippen LogP contribution < -0.4 is 16.0 Å². The molecule has 3 N–H and O–H groups in total. The molecule has 0 bridgehead atoms. The second-order valence-electron chi connectivity index (χ2n) is 6.80. The maximum absolute atomic E-state index is 12.3. The summed E-state index contributed by atoms with van der Waals surface area (Å²) in [7, 11) is 0. The topological polar surface area (TPSA) is 116 Å². The van der Waals surface area contributed by atoms with E-state index in [-0.39, 0.29) is 23.8 Å². The fourth-order valence-corrected chi connectivity index (χ4v) is 2.97. The molecule has 0 unspecified atom stereocenters. The van der Waals surface area contributed by atoms with E-state index in [1.54, 1.807) is 13.1 Å². The zero-order valence-electron chi connectivity index (χ0n) is 14.8. The highest BCUT2D eigenvalue weighted by atomic mass is 16.2. The molecule has 1 aromatic rings. The summed E-state index contributed by atoms with van der Waals surface area (Å²) < 4.78 is 0. The molecule has 1 saturated heterocycles. The molecule has 1 aliphatic heterocycles. The minimum atomic E-state index is -0.428. The van der Waals surface area contributed by atoms with Crippen LogP contribution >= 0.6 is 0 Å². The fraction of sp³-hybridized carbons (Fsp3) is 0.588. The lowest BCUT2D eigenvalue weighted by molar-refractivity contribution is -0.126. The third-order valence-corrected chi connectivity index (χ3v) is 4.79. The van der Waals surface area contributed by atoms with Crippen LogP contribution in [0.5, 0.6) is 0 Å². The zero-order chi connectivity index (χ0) is 18.5. The summed E-state index contributed by atoms with van der Waals surface area (Å²) in [5.41, 5.74) is 0. The molecule has 2 aliphatic rings. The van der Waals surface area contributed by atoms with Gasteiger partial charge in [-0.05, 0) is 45.7 Å². The Hall–Kier alpha value is -2.55. The number of piperidine rings is 1. The van der Waals surface area contributed by atoms with Gasteiger partial charge < -0.3 is 10.6 Å². The summed E-state index contributed by atoms with van der Waals surface area (Å²) in [6.45, 7) is 3.02. The summed E-state index contributed by atoms with van der Waals surface area (Å²) in [6.07, 6.45) is 7.83. The van der Waals surface area contributed by atoms with Crippen LogP contribution in [0.15, 0.2) is 18.6 Å². The van der Waals surface area contributed by atoms with Crippen LogP contribution in [0, 0.1) is 5.92 Å². The van der Waals surface area contributed by atoms with Gasteiger partial charge in [0, 0.05) is 24.4 Å². The van der Waals surface area contributed by atoms with Gasteiger partial charge in [-0.2, -0.15) is 0 Å². The zero-order valence-corrected chi connectivity index (χ0v) is 14.8. The van der Waals surface area contributed by atoms with Crippen molar-refractivity contribution >= 4 is 23.7 Å². The summed E-state index contributed by atoms with van der Waals surface area (Å²) in [5.74, 6) is -0.0762. The van der Waals surface area contributed by atoms with Gasteiger partial charge in [0.25, 0.3) is 0 Å². The van der Waals surface area contributed by atoms with Gasteiger partial charge in [-0.1, -0.05) is 0 Å². The first-order chi connectivity index (χ1) is 12.5. The van der Waals surface area contributed by atoms with E-state index in [2.05, 4.69) is 25.9 Å². The average molecular weight is 360 g/mol. The number of carbonyl (C=O) groups is 3. The third kappa shape index (κ3) is 4.98. The van der Waals surface area contributed by atoms with E-state index in [1.807, 2.05) is 4.90 Å². The molecular weight excluding hydrogens is 336 g/mol. The molecule has 26 heavy (non-hydrogen) atoms. The molecule has 2 fully saturated rings. The maximum atomic E-state index is 12.3. The normalized spacial score (nSPS) is 19.4. The molecular formula is C17H24N6O3. The number of imide groups is 1. The van der Waals surface area contributed by atoms with Gasteiger partial charge in [0.15, 0.2) is 5.82 Å². The van der Waals surface area contributed by atoms with Crippen molar-refractivity contribution in [3.05, 3.63) is 18.6 Å². The first-order valence-electron chi connectivity index (χ1n) is 8.95. The van der Waals surface area contributed by atoms with Crippen molar-refractivity contribution in [3.8, 4) is 0 Å². The Morgan fingerprint density at radius 3 is 2.50 bits per heavy atom. The lowest BCUT2D eigenvalue weighted by atomic mass is 9.95. The van der Waals surface area contributed by atoms with Crippen molar-refractivity contribution in [1.82, 2.24) is 25.5 Å². The van der Waals surface area contributed by atoms with Gasteiger partial charge in [-0.25, -0.2) is 9.78 Å². The lowest BCUT2D eigenvalue weighted by Crippen LogP contribution is -2.52. The molecule has 4 amide bonds. The molecule has 1 saturated carbocycles. The van der Waals surface area contributed by atoms with E-state index in [1.165, 1.54) is 12.4 Å². The molecule has 0 aromatic carbocycles. The van der Waals surface area contributed by atoms with Crippen molar-refractivity contribution in [2.45, 2.75) is 44.7 Å². The van der Waals surface area contributed by atoms with E-state index >= 15 is 0 Å². The van der Waals surface area contributed by atoms with Crippen LogP contribution in [-0.2, 0) is 9.59 Å². The summed E-state index contributed by atoms with van der Waals surface area (Å²) in [4.78, 5) is 46.1. The number of amides is 4. The summed E-state index contributed by atoms with van der Waals surface area (Å²) in [5, 5.41) is 7.89. The Morgan fingerprint density at radius 2 is 1.88 bits per heavy atom. The largest absolute Gasteiger partial charge is 0.335 e. The van der Waals surface area contributed by atoms with Crippen LogP contribution in [0.4, 0.5) is 10.6 Å². The smallest absolute Gasteiger partial charge is 0.321 e. The van der Waals surface area contributed by atoms with Crippen LogP contribution in [-0.4, -0.2) is 57.9 Å². The fourth-order valence-electron chi connectivity index (χ4n) is 2.97. The predicted octanol–water partition coefficient (Wildman–Crippen LogP) is 0.504. The quantitative estimate of drug-likeness (QED) is 0.704. The first kappa shape index (κ1) is 18.2. The van der Waals surface area contributed by atoms with Gasteiger partial charge in [0.05, 0.1) is 12.2 Å². The first-order valence-corrected chi connectivity index (χ1v) is 8.95. The number of anilines is 1. The highest BCUT2D eigenvalue weighted by Gasteiger charge is 2.31. The standard InChI is InChI=1S/C17H24N6O3/c1-11(15(24)22-17(26)20-13-2-3-13)23-8-4-12(5-9-23)16(25)21-14-10-18-6-7-19-14/h6-7,10-13H,2-5,8-9H2,1H3,(H,19,21,25)(H2,20,22,24,26)/t11-/m1/s1. The van der Waals surface area contributed by atoms with E-state index in [0.717, 1.165) is 12.8 Å². The van der Waals surface area contributed by atoms with Gasteiger partial charge in [0.1, 0.15) is 0 Å². The summed E-state index contributed by atoms with van der Waals surface area (Å²) >= 11 is 0. The van der Waals surface area contributed by atoms with Crippen molar-refractivity contribution in [2.75, 3.05) is 18.4 Å². The number of hydrogen-bond donors (Lipinski definition) is 3. The Kier molecular flexibility index (Phi) is 5.77. The number of hydrogen-bond acceptors (Lipinski definition) is 6. The molecule has 140 valence electrons. The molecule has 1 atom stereocenters. The van der Waals surface area contributed by atoms with Crippen LogP contribution in [0.3, 0.4) is 0 Å². The van der Waals surface area contributed by atoms with E-state index < -0.39 is 12.1 Å². The molecule has 3 rings (SSSR count). The minimum absolute atomic E-state index is 0.0777. The van der Waals surface area contributed by atoms with E-state index in [4.69, 9.17) is 0 Å². The highest BCUT2D eigenvalue weighted by Crippen LogP contribution is 2.21. The number of aromatic nitrogens is 2. The number of nitrogens with zero attached hydrogens (tertiary/aromatic N) is 3. The van der Waals surface area contributed by atoms with Gasteiger partial charge in [-0.3, -0.25) is 24.8 Å². The van der Waals surface area contributed by atoms with Gasteiger partial charge in [-0.15, -0.1) is 0 Å². The molecule has 2 heterocycles. The van der Waals surface area contributed by atoms with Gasteiger partial charge >= 0.3 is 6.03 Å². The van der Waals surface area contributed by atoms with Crippen molar-refractivity contribution in [1.29, 1.82) is 0 Å². The molecule has 1 aliphatic carbocycles. The second-order valence-corrected chi connectivity index (χ2v) is 6.80. The SMILES string of the molecule is C[C@H](C(=O)NC(=O)NC1CC1)N1CCC(C(=O)Nc2cnccn2)CC1. The second kappa shape index (κ2) is 8.22. The molecule has 9 nitrogen and oxygen atoms in total. The van der Waals surface area contributed by atoms with Crippen LogP contribution in [0.25, 0.3) is 0 Å². The maximum Gasteiger partial charge on any atom is 0.321 e. The monoisotopic (exact) mass is 360 g/mol. The molecule has 9 heteroatoms. The Morgan fingerprint density at radius 1 is 1.15 bits per heavy atom. The van der Waals surface area contributed by atoms with E-state index in [9.17, 15) is 14.4 Å². The third-order valence-electron chi connectivity index (χ3n) is 4.79. The van der Waals surface area contributed by atoms with Crippen molar-refractivity contribution in [3.63, 3.8) is 0 Å². The molecule has 0 radical (unpaired) electrons. The number of nitrogens with one attached hydrogen (secondary N) is 3. The van der Waals surface area contributed by atoms with Gasteiger partial charge in [0.2, 0.25) is 11.8 Å². The Balaban J connectivity index is 1.42. The van der Waals surface area contributed by atoms with Crippen LogP contribution in [0.1, 0.15) is 32.6 Å². The van der Waals surface area contributed by atoms with E-state index in [0.29, 0.717) is 31.7 Å². The number of urea groups is 1. The summed E-state index contributed by atoms with van der Waals surface area (Å²) in [6, 6.07) is -0.631. The average Bonchev–Trinajstić information content (AvgIpc) is 3.45. The number of carbonyl (C=O) groups excluding carboxylic acids is 3. The number of rotatable bonds is 5.